The molecule has 0 bridgehead atoms. The minimum absolute atomic E-state index is 0.0948. The Morgan fingerprint density at radius 3 is 2.62 bits per heavy atom. The fraction of sp³-hybridized carbons (Fsp3) is 1.00. The van der Waals surface area contributed by atoms with E-state index in [4.69, 9.17) is 21.1 Å². The molecule has 3 unspecified atom stereocenters. The van der Waals surface area contributed by atoms with Crippen molar-refractivity contribution in [3.63, 3.8) is 0 Å². The van der Waals surface area contributed by atoms with Crippen LogP contribution in [0.3, 0.4) is 0 Å². The second-order valence-electron chi connectivity index (χ2n) is 2.93. The van der Waals surface area contributed by atoms with Crippen LogP contribution < -0.4 is 0 Å². The molecule has 0 aliphatic heterocycles. The summed E-state index contributed by atoms with van der Waals surface area (Å²) in [5, 5.41) is -0.0948. The van der Waals surface area contributed by atoms with Crippen LogP contribution >= 0.6 is 11.6 Å². The van der Waals surface area contributed by atoms with Crippen molar-refractivity contribution in [3.8, 4) is 0 Å². The Morgan fingerprint density at radius 2 is 2.15 bits per heavy atom. The average Bonchev–Trinajstić information content (AvgIpc) is 2.07. The molecule has 13 heavy (non-hydrogen) atoms. The zero-order chi connectivity index (χ0) is 9.84. The number of alkyl halides is 3. The van der Waals surface area contributed by atoms with E-state index in [0.29, 0.717) is 13.0 Å². The molecular formula is C8H13ClF2O2. The standard InChI is InChI=1S/C8H13ClF2O2/c1-2-12-8-5(9)3-6(8)13-4-7(10)11/h5-8H,2-4H2,1H3. The van der Waals surface area contributed by atoms with Crippen molar-refractivity contribution in [2.24, 2.45) is 0 Å². The Hall–Kier alpha value is 0.0700. The molecule has 78 valence electrons. The van der Waals surface area contributed by atoms with Gasteiger partial charge in [0.2, 0.25) is 0 Å². The summed E-state index contributed by atoms with van der Waals surface area (Å²) in [5.74, 6) is 0. The van der Waals surface area contributed by atoms with Gasteiger partial charge in [-0.05, 0) is 13.3 Å². The van der Waals surface area contributed by atoms with Crippen LogP contribution in [0.15, 0.2) is 0 Å². The van der Waals surface area contributed by atoms with Gasteiger partial charge in [0.15, 0.2) is 0 Å². The molecule has 3 atom stereocenters. The lowest BCUT2D eigenvalue weighted by molar-refractivity contribution is -0.139. The van der Waals surface area contributed by atoms with Crippen LogP contribution in [0.4, 0.5) is 8.78 Å². The van der Waals surface area contributed by atoms with Gasteiger partial charge in [0.05, 0.1) is 11.5 Å². The third kappa shape index (κ3) is 3.04. The number of hydrogen-bond acceptors (Lipinski definition) is 2. The lowest BCUT2D eigenvalue weighted by Crippen LogP contribution is -2.51. The molecule has 1 fully saturated rings. The molecule has 0 N–H and O–H groups in total. The highest BCUT2D eigenvalue weighted by Crippen LogP contribution is 2.31. The molecule has 0 heterocycles. The normalized spacial score (nSPS) is 33.5. The van der Waals surface area contributed by atoms with Crippen LogP contribution in [0.5, 0.6) is 0 Å². The maximum Gasteiger partial charge on any atom is 0.261 e. The van der Waals surface area contributed by atoms with Crippen molar-refractivity contribution in [1.29, 1.82) is 0 Å². The van der Waals surface area contributed by atoms with Gasteiger partial charge in [-0.25, -0.2) is 8.78 Å². The zero-order valence-electron chi connectivity index (χ0n) is 7.38. The second-order valence-corrected chi connectivity index (χ2v) is 3.50. The zero-order valence-corrected chi connectivity index (χ0v) is 8.14. The molecule has 0 aromatic heterocycles. The molecule has 0 saturated heterocycles. The van der Waals surface area contributed by atoms with Gasteiger partial charge >= 0.3 is 0 Å². The van der Waals surface area contributed by atoms with Gasteiger partial charge in [0.25, 0.3) is 6.43 Å². The third-order valence-electron chi connectivity index (χ3n) is 1.98. The first-order valence-corrected chi connectivity index (χ1v) is 4.74. The van der Waals surface area contributed by atoms with Crippen molar-refractivity contribution in [1.82, 2.24) is 0 Å². The summed E-state index contributed by atoms with van der Waals surface area (Å²) in [6, 6.07) is 0. The number of hydrogen-bond donors (Lipinski definition) is 0. The molecule has 1 rings (SSSR count). The third-order valence-corrected chi connectivity index (χ3v) is 2.40. The topological polar surface area (TPSA) is 18.5 Å². The first-order chi connectivity index (χ1) is 6.15. The highest BCUT2D eigenvalue weighted by Gasteiger charge is 2.41. The maximum atomic E-state index is 11.8. The van der Waals surface area contributed by atoms with Crippen LogP contribution in [-0.2, 0) is 9.47 Å². The van der Waals surface area contributed by atoms with E-state index in [2.05, 4.69) is 0 Å². The number of halogens is 3. The molecule has 5 heteroatoms. The van der Waals surface area contributed by atoms with E-state index < -0.39 is 13.0 Å². The summed E-state index contributed by atoms with van der Waals surface area (Å²) < 4.78 is 33.7. The van der Waals surface area contributed by atoms with Gasteiger partial charge in [-0.2, -0.15) is 0 Å². The van der Waals surface area contributed by atoms with E-state index in [0.717, 1.165) is 0 Å². The Labute approximate surface area is 81.1 Å². The van der Waals surface area contributed by atoms with Crippen molar-refractivity contribution in [3.05, 3.63) is 0 Å². The predicted molar refractivity (Wildman–Crippen MR) is 45.4 cm³/mol. The van der Waals surface area contributed by atoms with Crippen LogP contribution in [0, 0.1) is 0 Å². The Morgan fingerprint density at radius 1 is 1.46 bits per heavy atom. The Balaban J connectivity index is 2.20. The summed E-state index contributed by atoms with van der Waals surface area (Å²) in [4.78, 5) is 0. The molecule has 1 aliphatic carbocycles. The first kappa shape index (κ1) is 11.1. The SMILES string of the molecule is CCOC1C(Cl)CC1OCC(F)F. The quantitative estimate of drug-likeness (QED) is 0.653. The first-order valence-electron chi connectivity index (χ1n) is 4.30. The predicted octanol–water partition coefficient (Wildman–Crippen LogP) is 2.05. The van der Waals surface area contributed by atoms with Gasteiger partial charge < -0.3 is 9.47 Å². The van der Waals surface area contributed by atoms with Gasteiger partial charge in [-0.1, -0.05) is 0 Å². The molecule has 0 aromatic rings. The van der Waals surface area contributed by atoms with E-state index >= 15 is 0 Å². The Kier molecular flexibility index (Phi) is 4.35. The summed E-state index contributed by atoms with van der Waals surface area (Å²) in [5.41, 5.74) is 0. The van der Waals surface area contributed by atoms with Crippen molar-refractivity contribution < 1.29 is 18.3 Å². The summed E-state index contributed by atoms with van der Waals surface area (Å²) >= 11 is 5.81. The molecule has 0 spiro atoms. The highest BCUT2D eigenvalue weighted by atomic mass is 35.5. The number of ether oxygens (including phenoxy) is 2. The lowest BCUT2D eigenvalue weighted by Gasteiger charge is -2.40. The largest absolute Gasteiger partial charge is 0.374 e. The molecule has 0 amide bonds. The molecule has 2 nitrogen and oxygen atoms in total. The van der Waals surface area contributed by atoms with E-state index in [-0.39, 0.29) is 17.6 Å². The van der Waals surface area contributed by atoms with Gasteiger partial charge in [0, 0.05) is 6.61 Å². The van der Waals surface area contributed by atoms with Gasteiger partial charge in [-0.15, -0.1) is 11.6 Å². The molecule has 0 radical (unpaired) electrons. The number of rotatable bonds is 5. The van der Waals surface area contributed by atoms with E-state index in [1.54, 1.807) is 0 Å². The fourth-order valence-corrected chi connectivity index (χ4v) is 1.70. The summed E-state index contributed by atoms with van der Waals surface area (Å²) in [6.45, 7) is 1.84. The fourth-order valence-electron chi connectivity index (χ4n) is 1.29. The highest BCUT2D eigenvalue weighted by molar-refractivity contribution is 6.21. The monoisotopic (exact) mass is 214 g/mol. The van der Waals surface area contributed by atoms with Crippen molar-refractivity contribution in [2.75, 3.05) is 13.2 Å². The minimum atomic E-state index is -2.42. The van der Waals surface area contributed by atoms with Gasteiger partial charge in [-0.3, -0.25) is 0 Å². The lowest BCUT2D eigenvalue weighted by atomic mass is 9.91. The van der Waals surface area contributed by atoms with Gasteiger partial charge in [0.1, 0.15) is 12.7 Å². The minimum Gasteiger partial charge on any atom is -0.374 e. The van der Waals surface area contributed by atoms with Crippen LogP contribution in [0.2, 0.25) is 0 Å². The van der Waals surface area contributed by atoms with Crippen LogP contribution in [0.25, 0.3) is 0 Å². The van der Waals surface area contributed by atoms with Crippen LogP contribution in [-0.4, -0.2) is 37.2 Å². The molecule has 1 saturated carbocycles. The molecule has 0 aromatic carbocycles. The van der Waals surface area contributed by atoms with Crippen LogP contribution in [0.1, 0.15) is 13.3 Å². The molecular weight excluding hydrogens is 202 g/mol. The van der Waals surface area contributed by atoms with E-state index in [1.807, 2.05) is 6.92 Å². The van der Waals surface area contributed by atoms with Crippen molar-refractivity contribution >= 4 is 11.6 Å². The summed E-state index contributed by atoms with van der Waals surface area (Å²) in [6.07, 6.45) is -2.29. The maximum absolute atomic E-state index is 11.8. The summed E-state index contributed by atoms with van der Waals surface area (Å²) in [7, 11) is 0. The van der Waals surface area contributed by atoms with E-state index in [9.17, 15) is 8.78 Å². The van der Waals surface area contributed by atoms with Crippen molar-refractivity contribution in [2.45, 2.75) is 37.4 Å². The molecule has 1 aliphatic rings. The van der Waals surface area contributed by atoms with E-state index in [1.165, 1.54) is 0 Å². The average molecular weight is 215 g/mol. The smallest absolute Gasteiger partial charge is 0.261 e. The Bertz CT molecular complexity index is 157. The second kappa shape index (κ2) is 5.08.